The first-order valence-electron chi connectivity index (χ1n) is 8.16. The molecule has 4 N–H and O–H groups in total. The van der Waals surface area contributed by atoms with Crippen LogP contribution in [-0.2, 0) is 0 Å². The van der Waals surface area contributed by atoms with Crippen molar-refractivity contribution in [3.8, 4) is 40.0 Å². The molecule has 3 aromatic rings. The van der Waals surface area contributed by atoms with E-state index in [-0.39, 0.29) is 17.2 Å². The molecule has 146 valence electrons. The summed E-state index contributed by atoms with van der Waals surface area (Å²) in [7, 11) is 4.45. The molecule has 9 nitrogen and oxygen atoms in total. The van der Waals surface area contributed by atoms with E-state index in [1.54, 1.807) is 12.1 Å². The predicted octanol–water partition coefficient (Wildman–Crippen LogP) is 2.77. The van der Waals surface area contributed by atoms with Gasteiger partial charge in [0.15, 0.2) is 11.5 Å². The van der Waals surface area contributed by atoms with E-state index >= 15 is 0 Å². The Morgan fingerprint density at radius 3 is 2.25 bits per heavy atom. The van der Waals surface area contributed by atoms with Crippen molar-refractivity contribution in [1.82, 2.24) is 10.2 Å². The highest BCUT2D eigenvalue weighted by atomic mass is 16.5. The lowest BCUT2D eigenvalue weighted by molar-refractivity contribution is 0.102. The number of nitrogens with one attached hydrogen (secondary N) is 2. The highest BCUT2D eigenvalue weighted by Gasteiger charge is 2.17. The van der Waals surface area contributed by atoms with Crippen LogP contribution in [0.4, 0.5) is 5.69 Å². The van der Waals surface area contributed by atoms with Gasteiger partial charge in [-0.05, 0) is 18.2 Å². The molecule has 0 saturated carbocycles. The summed E-state index contributed by atoms with van der Waals surface area (Å²) in [5.74, 6) is 0.536. The Labute approximate surface area is 160 Å². The van der Waals surface area contributed by atoms with Crippen molar-refractivity contribution in [2.75, 3.05) is 26.6 Å². The molecule has 1 heterocycles. The second-order valence-electron chi connectivity index (χ2n) is 5.74. The highest BCUT2D eigenvalue weighted by Crippen LogP contribution is 2.40. The fourth-order valence-electron chi connectivity index (χ4n) is 2.66. The van der Waals surface area contributed by atoms with E-state index in [2.05, 4.69) is 15.5 Å². The van der Waals surface area contributed by atoms with Crippen molar-refractivity contribution in [3.05, 3.63) is 42.1 Å². The summed E-state index contributed by atoms with van der Waals surface area (Å²) in [4.78, 5) is 12.6. The zero-order valence-electron chi connectivity index (χ0n) is 15.4. The van der Waals surface area contributed by atoms with Gasteiger partial charge in [-0.15, -0.1) is 0 Å². The van der Waals surface area contributed by atoms with E-state index in [9.17, 15) is 15.0 Å². The minimum atomic E-state index is -0.453. The minimum absolute atomic E-state index is 0.0721. The van der Waals surface area contributed by atoms with Gasteiger partial charge in [-0.2, -0.15) is 5.10 Å². The van der Waals surface area contributed by atoms with Crippen LogP contribution in [0.1, 0.15) is 10.5 Å². The number of carbonyl (C=O) groups is 1. The van der Waals surface area contributed by atoms with Gasteiger partial charge in [0.05, 0.1) is 27.0 Å². The second-order valence-corrected chi connectivity index (χ2v) is 5.74. The summed E-state index contributed by atoms with van der Waals surface area (Å²) in [5, 5.41) is 28.7. The number of hydrogen-bond acceptors (Lipinski definition) is 7. The van der Waals surface area contributed by atoms with E-state index in [4.69, 9.17) is 14.2 Å². The van der Waals surface area contributed by atoms with Crippen LogP contribution in [-0.4, -0.2) is 47.6 Å². The number of anilines is 1. The number of carbonyl (C=O) groups excluding carboxylic acids is 1. The molecule has 2 aromatic carbocycles. The topological polar surface area (TPSA) is 126 Å². The number of ether oxygens (including phenoxy) is 3. The van der Waals surface area contributed by atoms with Crippen molar-refractivity contribution in [1.29, 1.82) is 0 Å². The first kappa shape index (κ1) is 18.9. The highest BCUT2D eigenvalue weighted by molar-refractivity contribution is 6.03. The first-order chi connectivity index (χ1) is 13.5. The van der Waals surface area contributed by atoms with Crippen LogP contribution in [0.2, 0.25) is 0 Å². The summed E-state index contributed by atoms with van der Waals surface area (Å²) in [6, 6.07) is 8.80. The summed E-state index contributed by atoms with van der Waals surface area (Å²) < 4.78 is 15.8. The summed E-state index contributed by atoms with van der Waals surface area (Å²) in [6.45, 7) is 0. The largest absolute Gasteiger partial charge is 0.508 e. The van der Waals surface area contributed by atoms with Crippen molar-refractivity contribution < 1.29 is 29.2 Å². The molecule has 0 spiro atoms. The molecular formula is C19H19N3O6. The van der Waals surface area contributed by atoms with E-state index in [0.29, 0.717) is 34.2 Å². The van der Waals surface area contributed by atoms with Crippen LogP contribution in [0.3, 0.4) is 0 Å². The lowest BCUT2D eigenvalue weighted by atomic mass is 10.1. The molecule has 0 aliphatic heterocycles. The minimum Gasteiger partial charge on any atom is -0.508 e. The molecule has 0 atom stereocenters. The van der Waals surface area contributed by atoms with Crippen LogP contribution in [0.5, 0.6) is 28.7 Å². The number of phenolic OH excluding ortho intramolecular Hbond substituents is 2. The molecular weight excluding hydrogens is 366 g/mol. The van der Waals surface area contributed by atoms with Crippen LogP contribution in [0.15, 0.2) is 36.4 Å². The molecule has 0 aliphatic rings. The average molecular weight is 385 g/mol. The van der Waals surface area contributed by atoms with E-state index in [0.717, 1.165) is 0 Å². The molecule has 1 aromatic heterocycles. The lowest BCUT2D eigenvalue weighted by Gasteiger charge is -2.14. The van der Waals surface area contributed by atoms with Crippen LogP contribution >= 0.6 is 0 Å². The van der Waals surface area contributed by atoms with Gasteiger partial charge in [0, 0.05) is 29.4 Å². The zero-order chi connectivity index (χ0) is 20.3. The number of amides is 1. The number of hydrogen-bond donors (Lipinski definition) is 4. The van der Waals surface area contributed by atoms with Gasteiger partial charge in [0.2, 0.25) is 5.75 Å². The third-order valence-corrected chi connectivity index (χ3v) is 4.00. The Bertz CT molecular complexity index is 990. The van der Waals surface area contributed by atoms with Gasteiger partial charge in [0.1, 0.15) is 17.2 Å². The van der Waals surface area contributed by atoms with Gasteiger partial charge in [-0.3, -0.25) is 9.89 Å². The van der Waals surface area contributed by atoms with E-state index in [1.807, 2.05) is 0 Å². The van der Waals surface area contributed by atoms with Crippen LogP contribution in [0.25, 0.3) is 11.3 Å². The molecule has 1 amide bonds. The quantitative estimate of drug-likeness (QED) is 0.514. The number of phenols is 2. The molecule has 0 saturated heterocycles. The molecule has 0 aliphatic carbocycles. The summed E-state index contributed by atoms with van der Waals surface area (Å²) >= 11 is 0. The van der Waals surface area contributed by atoms with Gasteiger partial charge in [-0.25, -0.2) is 0 Å². The van der Waals surface area contributed by atoms with Crippen molar-refractivity contribution in [2.45, 2.75) is 0 Å². The van der Waals surface area contributed by atoms with Crippen LogP contribution < -0.4 is 19.5 Å². The maximum Gasteiger partial charge on any atom is 0.273 e. The van der Waals surface area contributed by atoms with Crippen molar-refractivity contribution in [3.63, 3.8) is 0 Å². The van der Waals surface area contributed by atoms with Crippen molar-refractivity contribution >= 4 is 11.6 Å². The maximum atomic E-state index is 12.6. The standard InChI is InChI=1S/C19H19N3O6/c1-26-16-6-10(7-17(27-2)18(16)28-3)20-19(25)14-9-13(21-22-14)12-5-4-11(23)8-15(12)24/h4-9,23-24H,1-3H3,(H,20,25)(H,21,22). The normalized spacial score (nSPS) is 10.4. The summed E-state index contributed by atoms with van der Waals surface area (Å²) in [5.41, 5.74) is 1.34. The fraction of sp³-hybridized carbons (Fsp3) is 0.158. The Kier molecular flexibility index (Phi) is 5.25. The van der Waals surface area contributed by atoms with Crippen LogP contribution in [0, 0.1) is 0 Å². The molecule has 0 unspecified atom stereocenters. The predicted molar refractivity (Wildman–Crippen MR) is 101 cm³/mol. The number of benzene rings is 2. The SMILES string of the molecule is COc1cc(NC(=O)c2cc(-c3ccc(O)cc3O)n[nH]2)cc(OC)c1OC. The fourth-order valence-corrected chi connectivity index (χ4v) is 2.66. The second kappa shape index (κ2) is 7.78. The monoisotopic (exact) mass is 385 g/mol. The molecule has 0 bridgehead atoms. The number of aromatic nitrogens is 2. The van der Waals surface area contributed by atoms with Gasteiger partial charge < -0.3 is 29.7 Å². The molecule has 0 radical (unpaired) electrons. The van der Waals surface area contributed by atoms with E-state index in [1.165, 1.54) is 45.6 Å². The average Bonchev–Trinajstić information content (AvgIpc) is 3.17. The Morgan fingerprint density at radius 2 is 1.68 bits per heavy atom. The Morgan fingerprint density at radius 1 is 1.00 bits per heavy atom. The van der Waals surface area contributed by atoms with Gasteiger partial charge in [0.25, 0.3) is 5.91 Å². The molecule has 28 heavy (non-hydrogen) atoms. The van der Waals surface area contributed by atoms with Gasteiger partial charge >= 0.3 is 0 Å². The number of methoxy groups -OCH3 is 3. The maximum absolute atomic E-state index is 12.6. The third-order valence-electron chi connectivity index (χ3n) is 4.00. The number of nitrogens with zero attached hydrogens (tertiary/aromatic N) is 1. The molecule has 3 rings (SSSR count). The van der Waals surface area contributed by atoms with E-state index < -0.39 is 5.91 Å². The number of aromatic hydroxyl groups is 2. The number of rotatable bonds is 6. The Hall–Kier alpha value is -3.88. The third kappa shape index (κ3) is 3.63. The molecule has 9 heteroatoms. The smallest absolute Gasteiger partial charge is 0.273 e. The summed E-state index contributed by atoms with van der Waals surface area (Å²) in [6.07, 6.45) is 0. The first-order valence-corrected chi connectivity index (χ1v) is 8.16. The van der Waals surface area contributed by atoms with Gasteiger partial charge in [-0.1, -0.05) is 0 Å². The zero-order valence-corrected chi connectivity index (χ0v) is 15.4. The van der Waals surface area contributed by atoms with Crippen molar-refractivity contribution in [2.24, 2.45) is 0 Å². The number of aromatic amines is 1. The molecule has 0 fully saturated rings. The lowest BCUT2D eigenvalue weighted by Crippen LogP contribution is -2.12. The number of H-pyrrole nitrogens is 1. The Balaban J connectivity index is 1.85.